The van der Waals surface area contributed by atoms with Gasteiger partial charge in [-0.25, -0.2) is 0 Å². The standard InChI is InChI=1S/C25H29N5OS2/c1-15-6-8-16(9-7-15)22-28-29-24(30(22)5)32-14-21(31)27-23-19(13-26)18-11-10-17(25(2,3)4)12-20(18)33-23/h6-9,17H,10-12,14H2,1-5H3,(H,27,31). The van der Waals surface area contributed by atoms with Gasteiger partial charge in [0.05, 0.1) is 11.3 Å². The van der Waals surface area contributed by atoms with E-state index in [2.05, 4.69) is 42.4 Å². The van der Waals surface area contributed by atoms with Crippen LogP contribution in [0.25, 0.3) is 11.4 Å². The van der Waals surface area contributed by atoms with Gasteiger partial charge in [-0.15, -0.1) is 21.5 Å². The maximum Gasteiger partial charge on any atom is 0.235 e. The third kappa shape index (κ3) is 4.99. The molecule has 2 heterocycles. The van der Waals surface area contributed by atoms with Gasteiger partial charge in [0.1, 0.15) is 11.1 Å². The number of carbonyl (C=O) groups excluding carboxylic acids is 1. The van der Waals surface area contributed by atoms with Crippen LogP contribution in [0.15, 0.2) is 29.4 Å². The molecule has 1 amide bonds. The van der Waals surface area contributed by atoms with Crippen molar-refractivity contribution in [1.29, 1.82) is 5.26 Å². The first-order valence-electron chi connectivity index (χ1n) is 11.1. The molecule has 8 heteroatoms. The lowest BCUT2D eigenvalue weighted by Gasteiger charge is -2.33. The molecule has 3 aromatic rings. The molecule has 0 radical (unpaired) electrons. The summed E-state index contributed by atoms with van der Waals surface area (Å²) in [6, 6.07) is 10.5. The molecule has 1 aromatic carbocycles. The average Bonchev–Trinajstić information content (AvgIpc) is 3.31. The van der Waals surface area contributed by atoms with E-state index in [1.54, 1.807) is 11.3 Å². The molecule has 1 aliphatic carbocycles. The first-order chi connectivity index (χ1) is 15.7. The van der Waals surface area contributed by atoms with Crippen molar-refractivity contribution in [2.75, 3.05) is 11.1 Å². The largest absolute Gasteiger partial charge is 0.316 e. The molecule has 0 fully saturated rings. The van der Waals surface area contributed by atoms with Gasteiger partial charge in [0.2, 0.25) is 5.91 Å². The molecule has 0 saturated carbocycles. The Kier molecular flexibility index (Phi) is 6.64. The van der Waals surface area contributed by atoms with E-state index in [1.807, 2.05) is 42.8 Å². The summed E-state index contributed by atoms with van der Waals surface area (Å²) < 4.78 is 1.90. The van der Waals surface area contributed by atoms with E-state index in [-0.39, 0.29) is 17.1 Å². The van der Waals surface area contributed by atoms with Crippen molar-refractivity contribution in [2.24, 2.45) is 18.4 Å². The summed E-state index contributed by atoms with van der Waals surface area (Å²) in [6.45, 7) is 8.87. The Hall–Kier alpha value is -2.63. The number of benzene rings is 1. The molecule has 1 aliphatic rings. The lowest BCUT2D eigenvalue weighted by atomic mass is 9.72. The Bertz CT molecular complexity index is 1210. The fraction of sp³-hybridized carbons (Fsp3) is 0.440. The van der Waals surface area contributed by atoms with Crippen molar-refractivity contribution in [3.63, 3.8) is 0 Å². The van der Waals surface area contributed by atoms with Crippen molar-refractivity contribution in [2.45, 2.75) is 52.1 Å². The van der Waals surface area contributed by atoms with E-state index < -0.39 is 0 Å². The number of fused-ring (bicyclic) bond motifs is 1. The third-order valence-electron chi connectivity index (χ3n) is 6.33. The monoisotopic (exact) mass is 479 g/mol. The van der Waals surface area contributed by atoms with Gasteiger partial charge in [-0.1, -0.05) is 62.4 Å². The molecule has 1 N–H and O–H groups in total. The van der Waals surface area contributed by atoms with Crippen LogP contribution in [-0.2, 0) is 24.7 Å². The molecule has 0 spiro atoms. The van der Waals surface area contributed by atoms with Crippen molar-refractivity contribution in [1.82, 2.24) is 14.8 Å². The van der Waals surface area contributed by atoms with Crippen molar-refractivity contribution < 1.29 is 4.79 Å². The number of nitrogens with one attached hydrogen (secondary N) is 1. The summed E-state index contributed by atoms with van der Waals surface area (Å²) >= 11 is 2.91. The summed E-state index contributed by atoms with van der Waals surface area (Å²) in [7, 11) is 1.90. The van der Waals surface area contributed by atoms with Gasteiger partial charge >= 0.3 is 0 Å². The number of aryl methyl sites for hydroxylation is 1. The fourth-order valence-corrected chi connectivity index (χ4v) is 6.22. The highest BCUT2D eigenvalue weighted by atomic mass is 32.2. The third-order valence-corrected chi connectivity index (χ3v) is 8.52. The minimum absolute atomic E-state index is 0.137. The predicted molar refractivity (Wildman–Crippen MR) is 135 cm³/mol. The first-order valence-corrected chi connectivity index (χ1v) is 12.9. The number of nitrogens with zero attached hydrogens (tertiary/aromatic N) is 4. The number of amides is 1. The predicted octanol–water partition coefficient (Wildman–Crippen LogP) is 5.61. The van der Waals surface area contributed by atoms with Crippen LogP contribution in [0, 0.1) is 29.6 Å². The van der Waals surface area contributed by atoms with Crippen LogP contribution in [0.5, 0.6) is 0 Å². The smallest absolute Gasteiger partial charge is 0.235 e. The van der Waals surface area contributed by atoms with Crippen molar-refractivity contribution in [3.8, 4) is 17.5 Å². The van der Waals surface area contributed by atoms with E-state index in [9.17, 15) is 10.1 Å². The van der Waals surface area contributed by atoms with Gasteiger partial charge in [-0.3, -0.25) is 4.79 Å². The lowest BCUT2D eigenvalue weighted by Crippen LogP contribution is -2.26. The average molecular weight is 480 g/mol. The van der Waals surface area contributed by atoms with Gasteiger partial charge < -0.3 is 9.88 Å². The number of hydrogen-bond donors (Lipinski definition) is 1. The molecule has 0 saturated heterocycles. The van der Waals surface area contributed by atoms with Crippen LogP contribution in [0.4, 0.5) is 5.00 Å². The van der Waals surface area contributed by atoms with Crippen molar-refractivity contribution in [3.05, 3.63) is 45.8 Å². The highest BCUT2D eigenvalue weighted by molar-refractivity contribution is 7.99. The zero-order valence-corrected chi connectivity index (χ0v) is 21.4. The molecule has 6 nitrogen and oxygen atoms in total. The molecule has 172 valence electrons. The summed E-state index contributed by atoms with van der Waals surface area (Å²) in [5, 5.41) is 22.7. The molecule has 33 heavy (non-hydrogen) atoms. The summed E-state index contributed by atoms with van der Waals surface area (Å²) in [5.74, 6) is 1.43. The Labute approximate surface area is 203 Å². The zero-order chi connectivity index (χ0) is 23.8. The van der Waals surface area contributed by atoms with Crippen molar-refractivity contribution >= 4 is 34.0 Å². The van der Waals surface area contributed by atoms with Gasteiger partial charge in [0, 0.05) is 17.5 Å². The zero-order valence-electron chi connectivity index (χ0n) is 19.7. The molecule has 2 aromatic heterocycles. The second-order valence-corrected chi connectivity index (χ2v) is 11.7. The van der Waals surface area contributed by atoms with Gasteiger partial charge in [0.25, 0.3) is 0 Å². The van der Waals surface area contributed by atoms with Crippen LogP contribution in [-0.4, -0.2) is 26.4 Å². The second kappa shape index (κ2) is 9.32. The summed E-state index contributed by atoms with van der Waals surface area (Å²) in [4.78, 5) is 14.0. The van der Waals surface area contributed by atoms with Gasteiger partial charge in [-0.2, -0.15) is 5.26 Å². The number of thioether (sulfide) groups is 1. The molecule has 4 rings (SSSR count). The lowest BCUT2D eigenvalue weighted by molar-refractivity contribution is -0.113. The van der Waals surface area contributed by atoms with Crippen LogP contribution in [0.3, 0.4) is 0 Å². The normalized spacial score (nSPS) is 15.7. The SMILES string of the molecule is Cc1ccc(-c2nnc(SCC(=O)Nc3sc4c(c3C#N)CCC(C(C)(C)C)C4)n2C)cc1. The maximum absolute atomic E-state index is 12.7. The number of anilines is 1. The first kappa shape index (κ1) is 23.5. The number of aromatic nitrogens is 3. The van der Waals surface area contributed by atoms with E-state index in [0.29, 0.717) is 21.6 Å². The van der Waals surface area contributed by atoms with E-state index in [1.165, 1.54) is 22.2 Å². The Morgan fingerprint density at radius 2 is 2.03 bits per heavy atom. The summed E-state index contributed by atoms with van der Waals surface area (Å²) in [6.07, 6.45) is 2.96. The highest BCUT2D eigenvalue weighted by Crippen LogP contribution is 2.44. The Morgan fingerprint density at radius 1 is 1.30 bits per heavy atom. The van der Waals surface area contributed by atoms with Crippen LogP contribution < -0.4 is 5.32 Å². The molecule has 1 atom stereocenters. The quantitative estimate of drug-likeness (QED) is 0.481. The minimum Gasteiger partial charge on any atom is -0.316 e. The topological polar surface area (TPSA) is 83.6 Å². The number of nitriles is 1. The Morgan fingerprint density at radius 3 is 2.70 bits per heavy atom. The summed E-state index contributed by atoms with van der Waals surface area (Å²) in [5.41, 5.74) is 4.18. The van der Waals surface area contributed by atoms with E-state index >= 15 is 0 Å². The van der Waals surface area contributed by atoms with Crippen LogP contribution in [0.2, 0.25) is 0 Å². The minimum atomic E-state index is -0.137. The molecule has 0 bridgehead atoms. The van der Waals surface area contributed by atoms with Gasteiger partial charge in [0.15, 0.2) is 11.0 Å². The maximum atomic E-state index is 12.7. The highest BCUT2D eigenvalue weighted by Gasteiger charge is 2.32. The van der Waals surface area contributed by atoms with Gasteiger partial charge in [-0.05, 0) is 43.1 Å². The van der Waals surface area contributed by atoms with E-state index in [0.717, 1.165) is 36.2 Å². The Balaban J connectivity index is 1.43. The molecule has 0 aliphatic heterocycles. The number of rotatable bonds is 5. The molecule has 1 unspecified atom stereocenters. The van der Waals surface area contributed by atoms with Crippen LogP contribution in [0.1, 0.15) is 48.8 Å². The number of hydrogen-bond acceptors (Lipinski definition) is 6. The fourth-order valence-electron chi connectivity index (χ4n) is 4.22. The van der Waals surface area contributed by atoms with E-state index in [4.69, 9.17) is 0 Å². The second-order valence-electron chi connectivity index (χ2n) is 9.69. The molecular weight excluding hydrogens is 450 g/mol. The number of carbonyl (C=O) groups is 1. The number of thiophene rings is 1. The molecular formula is C25H29N5OS2. The van der Waals surface area contributed by atoms with Crippen LogP contribution >= 0.6 is 23.1 Å².